The molecule has 19 heavy (non-hydrogen) atoms. The largest absolute Gasteiger partial charge is 0.480 e. The highest BCUT2D eigenvalue weighted by molar-refractivity contribution is 5.85. The van der Waals surface area contributed by atoms with Crippen LogP contribution >= 0.6 is 0 Å². The molecule has 0 saturated heterocycles. The molecule has 2 nitrogen and oxygen atoms in total. The van der Waals surface area contributed by atoms with E-state index in [9.17, 15) is 18.7 Å². The molecule has 0 heterocycles. The van der Waals surface area contributed by atoms with Gasteiger partial charge in [-0.1, -0.05) is 24.3 Å². The summed E-state index contributed by atoms with van der Waals surface area (Å²) in [7, 11) is 0. The third-order valence-electron chi connectivity index (χ3n) is 3.25. The fourth-order valence-electron chi connectivity index (χ4n) is 2.00. The fourth-order valence-corrected chi connectivity index (χ4v) is 2.00. The standard InChI is InChI=1S/C15H12F2O2/c1-15(14(18)19,10-5-7-12(16)8-6-10)11-3-2-4-13(17)9-11/h2-9H,1H3,(H,18,19). The van der Waals surface area contributed by atoms with Gasteiger partial charge in [0.1, 0.15) is 17.0 Å². The van der Waals surface area contributed by atoms with Crippen LogP contribution < -0.4 is 0 Å². The van der Waals surface area contributed by atoms with Crippen molar-refractivity contribution in [1.82, 2.24) is 0 Å². The fraction of sp³-hybridized carbons (Fsp3) is 0.133. The van der Waals surface area contributed by atoms with E-state index in [4.69, 9.17) is 0 Å². The summed E-state index contributed by atoms with van der Waals surface area (Å²) < 4.78 is 26.2. The van der Waals surface area contributed by atoms with Crippen LogP contribution in [-0.2, 0) is 10.2 Å². The van der Waals surface area contributed by atoms with E-state index in [1.807, 2.05) is 0 Å². The second-order valence-corrected chi connectivity index (χ2v) is 4.45. The number of carbonyl (C=O) groups is 1. The summed E-state index contributed by atoms with van der Waals surface area (Å²) in [4.78, 5) is 11.6. The summed E-state index contributed by atoms with van der Waals surface area (Å²) >= 11 is 0. The molecule has 0 fully saturated rings. The highest BCUT2D eigenvalue weighted by Crippen LogP contribution is 2.32. The normalized spacial score (nSPS) is 13.8. The number of benzene rings is 2. The van der Waals surface area contributed by atoms with Gasteiger partial charge < -0.3 is 5.11 Å². The van der Waals surface area contributed by atoms with E-state index in [-0.39, 0.29) is 0 Å². The molecular formula is C15H12F2O2. The summed E-state index contributed by atoms with van der Waals surface area (Å²) in [6.07, 6.45) is 0. The van der Waals surface area contributed by atoms with Crippen LogP contribution in [-0.4, -0.2) is 11.1 Å². The molecule has 0 bridgehead atoms. The molecule has 0 saturated carbocycles. The van der Waals surface area contributed by atoms with Gasteiger partial charge >= 0.3 is 5.97 Å². The van der Waals surface area contributed by atoms with Crippen molar-refractivity contribution in [1.29, 1.82) is 0 Å². The van der Waals surface area contributed by atoms with E-state index in [0.29, 0.717) is 11.1 Å². The molecule has 2 aromatic rings. The molecule has 0 aromatic heterocycles. The van der Waals surface area contributed by atoms with Crippen LogP contribution in [0.3, 0.4) is 0 Å². The van der Waals surface area contributed by atoms with Gasteiger partial charge in [0.05, 0.1) is 0 Å². The average molecular weight is 262 g/mol. The predicted molar refractivity (Wildman–Crippen MR) is 66.9 cm³/mol. The first-order valence-corrected chi connectivity index (χ1v) is 5.70. The highest BCUT2D eigenvalue weighted by Gasteiger charge is 2.37. The molecule has 1 atom stereocenters. The third-order valence-corrected chi connectivity index (χ3v) is 3.25. The zero-order valence-electron chi connectivity index (χ0n) is 10.2. The first kappa shape index (κ1) is 13.2. The number of carboxylic acid groups (broad SMARTS) is 1. The Labute approximate surface area is 109 Å². The van der Waals surface area contributed by atoms with Crippen molar-refractivity contribution in [2.75, 3.05) is 0 Å². The Morgan fingerprint density at radius 1 is 1.00 bits per heavy atom. The quantitative estimate of drug-likeness (QED) is 0.921. The van der Waals surface area contributed by atoms with Crippen molar-refractivity contribution in [2.45, 2.75) is 12.3 Å². The minimum Gasteiger partial charge on any atom is -0.480 e. The van der Waals surface area contributed by atoms with Gasteiger partial charge in [0.25, 0.3) is 0 Å². The van der Waals surface area contributed by atoms with Crippen molar-refractivity contribution < 1.29 is 18.7 Å². The number of rotatable bonds is 3. The number of hydrogen-bond acceptors (Lipinski definition) is 1. The van der Waals surface area contributed by atoms with Gasteiger partial charge in [-0.25, -0.2) is 8.78 Å². The minimum atomic E-state index is -1.42. The van der Waals surface area contributed by atoms with Crippen molar-refractivity contribution in [3.63, 3.8) is 0 Å². The maximum absolute atomic E-state index is 13.3. The topological polar surface area (TPSA) is 37.3 Å². The molecule has 4 heteroatoms. The molecule has 2 aromatic carbocycles. The molecule has 2 rings (SSSR count). The Hall–Kier alpha value is -2.23. The summed E-state index contributed by atoms with van der Waals surface area (Å²) in [5.41, 5.74) is -0.714. The lowest BCUT2D eigenvalue weighted by Gasteiger charge is -2.26. The van der Waals surface area contributed by atoms with Crippen LogP contribution in [0.1, 0.15) is 18.1 Å². The molecule has 0 aliphatic carbocycles. The summed E-state index contributed by atoms with van der Waals surface area (Å²) in [6, 6.07) is 10.6. The zero-order chi connectivity index (χ0) is 14.0. The Morgan fingerprint density at radius 2 is 1.63 bits per heavy atom. The lowest BCUT2D eigenvalue weighted by molar-refractivity contribution is -0.141. The van der Waals surface area contributed by atoms with E-state index in [1.54, 1.807) is 6.07 Å². The van der Waals surface area contributed by atoms with Crippen molar-refractivity contribution in [2.24, 2.45) is 0 Å². The smallest absolute Gasteiger partial charge is 0.318 e. The van der Waals surface area contributed by atoms with Crippen LogP contribution in [0.2, 0.25) is 0 Å². The van der Waals surface area contributed by atoms with E-state index in [1.165, 1.54) is 49.4 Å². The second kappa shape index (κ2) is 4.80. The van der Waals surface area contributed by atoms with Crippen LogP contribution in [0.25, 0.3) is 0 Å². The number of carboxylic acids is 1. The molecule has 0 spiro atoms. The number of halogens is 2. The van der Waals surface area contributed by atoms with Crippen LogP contribution in [0, 0.1) is 11.6 Å². The van der Waals surface area contributed by atoms with Crippen LogP contribution in [0.4, 0.5) is 8.78 Å². The Morgan fingerprint density at radius 3 is 2.16 bits per heavy atom. The zero-order valence-corrected chi connectivity index (χ0v) is 10.2. The van der Waals surface area contributed by atoms with Gasteiger partial charge in [-0.15, -0.1) is 0 Å². The van der Waals surface area contributed by atoms with Crippen LogP contribution in [0.5, 0.6) is 0 Å². The van der Waals surface area contributed by atoms with Crippen molar-refractivity contribution in [3.8, 4) is 0 Å². The van der Waals surface area contributed by atoms with Crippen LogP contribution in [0.15, 0.2) is 48.5 Å². The van der Waals surface area contributed by atoms with Gasteiger partial charge in [0.2, 0.25) is 0 Å². The highest BCUT2D eigenvalue weighted by atomic mass is 19.1. The third kappa shape index (κ3) is 2.34. The second-order valence-electron chi connectivity index (χ2n) is 4.45. The molecule has 1 unspecified atom stereocenters. The first-order valence-electron chi connectivity index (χ1n) is 5.70. The lowest BCUT2D eigenvalue weighted by Crippen LogP contribution is -2.33. The van der Waals surface area contributed by atoms with Gasteiger partial charge in [0.15, 0.2) is 0 Å². The summed E-state index contributed by atoms with van der Waals surface area (Å²) in [5.74, 6) is -2.08. The van der Waals surface area contributed by atoms with Gasteiger partial charge in [0, 0.05) is 0 Å². The van der Waals surface area contributed by atoms with Crippen molar-refractivity contribution in [3.05, 3.63) is 71.3 Å². The molecule has 1 N–H and O–H groups in total. The lowest BCUT2D eigenvalue weighted by atomic mass is 9.76. The van der Waals surface area contributed by atoms with Gasteiger partial charge in [-0.05, 0) is 42.3 Å². The van der Waals surface area contributed by atoms with E-state index in [0.717, 1.165) is 0 Å². The molecule has 98 valence electrons. The SMILES string of the molecule is CC(C(=O)O)(c1ccc(F)cc1)c1cccc(F)c1. The Bertz CT molecular complexity index is 608. The molecule has 0 aliphatic rings. The number of hydrogen-bond donors (Lipinski definition) is 1. The number of aliphatic carboxylic acids is 1. The summed E-state index contributed by atoms with van der Waals surface area (Å²) in [6.45, 7) is 1.47. The van der Waals surface area contributed by atoms with Gasteiger partial charge in [-0.2, -0.15) is 0 Å². The predicted octanol–water partition coefficient (Wildman–Crippen LogP) is 3.36. The summed E-state index contributed by atoms with van der Waals surface area (Å²) in [5, 5.41) is 9.48. The van der Waals surface area contributed by atoms with Crippen molar-refractivity contribution >= 4 is 5.97 Å². The molecule has 0 amide bonds. The van der Waals surface area contributed by atoms with Gasteiger partial charge in [-0.3, -0.25) is 4.79 Å². The monoisotopic (exact) mass is 262 g/mol. The molecule has 0 aliphatic heterocycles. The Balaban J connectivity index is 2.61. The average Bonchev–Trinajstić information content (AvgIpc) is 2.38. The first-order chi connectivity index (χ1) is 8.94. The van der Waals surface area contributed by atoms with E-state index >= 15 is 0 Å². The van der Waals surface area contributed by atoms with E-state index < -0.39 is 23.0 Å². The Kier molecular flexibility index (Phi) is 3.34. The molecule has 0 radical (unpaired) electrons. The maximum Gasteiger partial charge on any atom is 0.318 e. The minimum absolute atomic E-state index is 0.312. The van der Waals surface area contributed by atoms with E-state index in [2.05, 4.69) is 0 Å². The maximum atomic E-state index is 13.3. The molecular weight excluding hydrogens is 250 g/mol.